The predicted molar refractivity (Wildman–Crippen MR) is 101 cm³/mol. The van der Waals surface area contributed by atoms with Gasteiger partial charge >= 0.3 is 16.5 Å². The Bertz CT molecular complexity index is 757. The van der Waals surface area contributed by atoms with Gasteiger partial charge in [0.2, 0.25) is 0 Å². The molecule has 3 aromatic rings. The summed E-state index contributed by atoms with van der Waals surface area (Å²) in [7, 11) is 4.00. The summed E-state index contributed by atoms with van der Waals surface area (Å²) < 4.78 is 0. The molecule has 0 saturated carbocycles. The van der Waals surface area contributed by atoms with Crippen molar-refractivity contribution in [1.29, 1.82) is 0 Å². The second-order valence-electron chi connectivity index (χ2n) is 5.65. The number of aromatic nitrogens is 2. The zero-order valence-electron chi connectivity index (χ0n) is 14.7. The van der Waals surface area contributed by atoms with Gasteiger partial charge in [-0.2, -0.15) is 6.67 Å². The van der Waals surface area contributed by atoms with Crippen LogP contribution in [0.4, 0.5) is 0 Å². The van der Waals surface area contributed by atoms with Crippen LogP contribution in [-0.2, 0) is 16.5 Å². The smallest absolute Gasteiger partial charge is 0.511 e. The van der Waals surface area contributed by atoms with Crippen molar-refractivity contribution >= 4 is 0 Å². The summed E-state index contributed by atoms with van der Waals surface area (Å²) >= 11 is 0. The largest absolute Gasteiger partial charge is 2.00 e. The van der Waals surface area contributed by atoms with Gasteiger partial charge in [0.05, 0.1) is 0 Å². The molecule has 1 aromatic carbocycles. The van der Waals surface area contributed by atoms with Gasteiger partial charge in [-0.05, 0) is 38.6 Å². The Balaban J connectivity index is 0.000000258. The maximum absolute atomic E-state index is 4.33. The molecule has 0 bridgehead atoms. The Morgan fingerprint density at radius 2 is 1.23 bits per heavy atom. The van der Waals surface area contributed by atoms with E-state index in [-0.39, 0.29) is 16.5 Å². The monoisotopic (exact) mass is 386 g/mol. The third-order valence-electron chi connectivity index (χ3n) is 3.58. The molecular weight excluding hydrogens is 367 g/mol. The van der Waals surface area contributed by atoms with Crippen LogP contribution in [0.3, 0.4) is 0 Å². The van der Waals surface area contributed by atoms with Gasteiger partial charge in [0.25, 0.3) is 0 Å². The molecule has 4 nitrogen and oxygen atoms in total. The first-order valence-corrected chi connectivity index (χ1v) is 8.05. The van der Waals surface area contributed by atoms with Gasteiger partial charge in [-0.25, -0.2) is 0 Å². The van der Waals surface area contributed by atoms with E-state index in [1.807, 2.05) is 97.6 Å². The van der Waals surface area contributed by atoms with Crippen LogP contribution in [0, 0.1) is 12.7 Å². The minimum absolute atomic E-state index is 0. The Morgan fingerprint density at radius 3 is 1.58 bits per heavy atom. The maximum Gasteiger partial charge on any atom is 2.00 e. The predicted octanol–water partition coefficient (Wildman–Crippen LogP) is 4.06. The standard InChI is InChI=1S/C16H11N2.C5H9N2.Ni/c1-3-10-17-15(8-1)13-6-5-7-14(12-13)16-9-2-4-11-18-16;1-6-3-4-7(2)5-6;/h1-11H;3-5H,1-2H3;/q2*-1;+2. The molecule has 4 rings (SSSR count). The molecule has 0 amide bonds. The van der Waals surface area contributed by atoms with Crippen molar-refractivity contribution in [3.63, 3.8) is 0 Å². The molecule has 26 heavy (non-hydrogen) atoms. The van der Waals surface area contributed by atoms with Crippen molar-refractivity contribution in [3.8, 4) is 22.5 Å². The number of hydrogen-bond acceptors (Lipinski definition) is 4. The molecule has 0 aliphatic carbocycles. The number of hydrogen-bond donors (Lipinski definition) is 0. The van der Waals surface area contributed by atoms with Crippen molar-refractivity contribution < 1.29 is 16.5 Å². The zero-order chi connectivity index (χ0) is 17.5. The second-order valence-corrected chi connectivity index (χ2v) is 5.65. The fourth-order valence-electron chi connectivity index (χ4n) is 2.39. The van der Waals surface area contributed by atoms with Crippen molar-refractivity contribution in [3.05, 3.63) is 92.1 Å². The summed E-state index contributed by atoms with van der Waals surface area (Å²) in [6.07, 6.45) is 7.58. The Hall–Kier alpha value is -2.65. The Labute approximate surface area is 165 Å². The average Bonchev–Trinajstić information content (AvgIpc) is 3.06. The molecular formula is C21H20N4Ni. The van der Waals surface area contributed by atoms with Crippen LogP contribution >= 0.6 is 0 Å². The molecule has 3 heterocycles. The molecule has 0 unspecified atom stereocenters. The van der Waals surface area contributed by atoms with E-state index in [0.717, 1.165) is 22.5 Å². The molecule has 5 heteroatoms. The topological polar surface area (TPSA) is 32.3 Å². The first-order chi connectivity index (χ1) is 12.2. The van der Waals surface area contributed by atoms with Crippen molar-refractivity contribution in [2.24, 2.45) is 0 Å². The van der Waals surface area contributed by atoms with Gasteiger partial charge < -0.3 is 9.80 Å². The molecule has 0 spiro atoms. The van der Waals surface area contributed by atoms with E-state index in [1.54, 1.807) is 12.4 Å². The number of nitrogens with zero attached hydrogens (tertiary/aromatic N) is 4. The van der Waals surface area contributed by atoms with E-state index in [0.29, 0.717) is 0 Å². The number of pyridine rings is 2. The summed E-state index contributed by atoms with van der Waals surface area (Å²) in [5.74, 6) is 0. The maximum atomic E-state index is 4.33. The van der Waals surface area contributed by atoms with E-state index < -0.39 is 0 Å². The van der Waals surface area contributed by atoms with Gasteiger partial charge in [-0.1, -0.05) is 35.4 Å². The van der Waals surface area contributed by atoms with Gasteiger partial charge in [0.1, 0.15) is 0 Å². The quantitative estimate of drug-likeness (QED) is 0.491. The molecule has 134 valence electrons. The van der Waals surface area contributed by atoms with Crippen LogP contribution in [-0.4, -0.2) is 33.9 Å². The summed E-state index contributed by atoms with van der Waals surface area (Å²) in [5, 5.41) is 0. The summed E-state index contributed by atoms with van der Waals surface area (Å²) in [4.78, 5) is 12.7. The Morgan fingerprint density at radius 1 is 0.731 bits per heavy atom. The SMILES string of the molecule is CN1C=CN(C)[CH-]1.[Ni+2].[c-]1c(-c2ccccn2)cccc1-c1ccccn1. The molecule has 0 saturated heterocycles. The van der Waals surface area contributed by atoms with Crippen LogP contribution in [0.15, 0.2) is 79.4 Å². The zero-order valence-corrected chi connectivity index (χ0v) is 15.7. The molecule has 0 N–H and O–H groups in total. The molecule has 2 aromatic heterocycles. The molecule has 1 aliphatic rings. The van der Waals surface area contributed by atoms with Gasteiger partial charge in [-0.15, -0.1) is 24.3 Å². The molecule has 0 radical (unpaired) electrons. The van der Waals surface area contributed by atoms with E-state index in [1.165, 1.54) is 0 Å². The van der Waals surface area contributed by atoms with Gasteiger partial charge in [0, 0.05) is 23.8 Å². The van der Waals surface area contributed by atoms with E-state index in [9.17, 15) is 0 Å². The van der Waals surface area contributed by atoms with Crippen LogP contribution in [0.2, 0.25) is 0 Å². The van der Waals surface area contributed by atoms with E-state index in [4.69, 9.17) is 0 Å². The minimum atomic E-state index is 0. The van der Waals surface area contributed by atoms with Crippen LogP contribution < -0.4 is 0 Å². The average molecular weight is 387 g/mol. The second kappa shape index (κ2) is 9.74. The van der Waals surface area contributed by atoms with Gasteiger partial charge in [-0.3, -0.25) is 9.97 Å². The summed E-state index contributed by atoms with van der Waals surface area (Å²) in [6.45, 7) is 2.00. The fraction of sp³-hybridized carbons (Fsp3) is 0.0952. The van der Waals surface area contributed by atoms with Crippen molar-refractivity contribution in [2.45, 2.75) is 0 Å². The van der Waals surface area contributed by atoms with Crippen molar-refractivity contribution in [1.82, 2.24) is 19.8 Å². The third-order valence-corrected chi connectivity index (χ3v) is 3.58. The minimum Gasteiger partial charge on any atom is -0.511 e. The molecule has 0 atom stereocenters. The number of rotatable bonds is 2. The first kappa shape index (κ1) is 19.7. The van der Waals surface area contributed by atoms with Crippen LogP contribution in [0.5, 0.6) is 0 Å². The first-order valence-electron chi connectivity index (χ1n) is 8.05. The molecule has 0 fully saturated rings. The number of benzene rings is 1. The Kier molecular flexibility index (Phi) is 7.37. The molecule has 1 aliphatic heterocycles. The summed E-state index contributed by atoms with van der Waals surface area (Å²) in [6, 6.07) is 21.1. The van der Waals surface area contributed by atoms with E-state index >= 15 is 0 Å². The fourth-order valence-corrected chi connectivity index (χ4v) is 2.39. The van der Waals surface area contributed by atoms with E-state index in [2.05, 4.69) is 16.0 Å². The third kappa shape index (κ3) is 5.43. The normalized spacial score (nSPS) is 12.2. The van der Waals surface area contributed by atoms with Crippen LogP contribution in [0.25, 0.3) is 22.5 Å². The van der Waals surface area contributed by atoms with Crippen LogP contribution in [0.1, 0.15) is 0 Å². The summed E-state index contributed by atoms with van der Waals surface area (Å²) in [5.41, 5.74) is 3.82. The van der Waals surface area contributed by atoms with Crippen molar-refractivity contribution in [2.75, 3.05) is 14.1 Å². The van der Waals surface area contributed by atoms with Gasteiger partial charge in [0.15, 0.2) is 0 Å².